The van der Waals surface area contributed by atoms with Crippen LogP contribution in [0.5, 0.6) is 0 Å². The molecule has 0 bridgehead atoms. The summed E-state index contributed by atoms with van der Waals surface area (Å²) in [5.41, 5.74) is 2.80. The van der Waals surface area contributed by atoms with Crippen molar-refractivity contribution in [1.29, 1.82) is 0 Å². The van der Waals surface area contributed by atoms with Gasteiger partial charge >= 0.3 is 11.9 Å². The smallest absolute Gasteiger partial charge is 0.341 e. The summed E-state index contributed by atoms with van der Waals surface area (Å²) in [6, 6.07) is 11.4. The number of carbonyl (C=O) groups is 2. The Kier molecular flexibility index (Phi) is 5.83. The van der Waals surface area contributed by atoms with Gasteiger partial charge in [-0.1, -0.05) is 18.2 Å². The minimum absolute atomic E-state index is 0.0850. The number of benzene rings is 2. The number of hydrogen-bond acceptors (Lipinski definition) is 3. The Labute approximate surface area is 174 Å². The molecular formula is C21H18INO5. The number of aromatic carboxylic acids is 1. The molecule has 144 valence electrons. The summed E-state index contributed by atoms with van der Waals surface area (Å²) in [6.07, 6.45) is 1.67. The zero-order valence-corrected chi connectivity index (χ0v) is 17.3. The first kappa shape index (κ1) is 20.1. The van der Waals surface area contributed by atoms with Crippen molar-refractivity contribution in [3.8, 4) is 0 Å². The molecule has 0 saturated carbocycles. The number of pyridine rings is 1. The number of carboxylic acids is 2. The molecule has 3 rings (SSSR count). The maximum absolute atomic E-state index is 12.7. The molecule has 2 N–H and O–H groups in total. The number of hydrogen-bond donors (Lipinski definition) is 2. The highest BCUT2D eigenvalue weighted by atomic mass is 127. The minimum atomic E-state index is -1.32. The molecule has 0 aliphatic heterocycles. The number of aliphatic carboxylic acids is 1. The van der Waals surface area contributed by atoms with Crippen molar-refractivity contribution >= 4 is 45.4 Å². The summed E-state index contributed by atoms with van der Waals surface area (Å²) in [5.74, 6) is -2.32. The van der Waals surface area contributed by atoms with Gasteiger partial charge in [0.05, 0.1) is 11.9 Å². The van der Waals surface area contributed by atoms with E-state index in [2.05, 4.69) is 22.6 Å². The first-order valence-corrected chi connectivity index (χ1v) is 9.71. The molecule has 1 heterocycles. The number of aromatic nitrogens is 1. The number of halogens is 1. The third-order valence-corrected chi connectivity index (χ3v) is 5.88. The molecule has 0 unspecified atom stereocenters. The van der Waals surface area contributed by atoms with Gasteiger partial charge in [0.1, 0.15) is 5.56 Å². The van der Waals surface area contributed by atoms with Crippen LogP contribution in [0.25, 0.3) is 10.9 Å². The molecule has 1 aromatic heterocycles. The predicted octanol–water partition coefficient (Wildman–Crippen LogP) is 3.68. The molecule has 0 saturated heterocycles. The van der Waals surface area contributed by atoms with Crippen LogP contribution in [0.4, 0.5) is 0 Å². The van der Waals surface area contributed by atoms with E-state index >= 15 is 0 Å². The second kappa shape index (κ2) is 8.14. The number of rotatable bonds is 6. The highest BCUT2D eigenvalue weighted by molar-refractivity contribution is 14.1. The van der Waals surface area contributed by atoms with Gasteiger partial charge < -0.3 is 14.8 Å². The maximum Gasteiger partial charge on any atom is 0.341 e. The van der Waals surface area contributed by atoms with Gasteiger partial charge in [0.25, 0.3) is 0 Å². The Bertz CT molecular complexity index is 1150. The molecule has 0 atom stereocenters. The molecule has 3 aromatic rings. The number of fused-ring (bicyclic) bond motifs is 1. The van der Waals surface area contributed by atoms with E-state index in [-0.39, 0.29) is 23.9 Å². The van der Waals surface area contributed by atoms with E-state index in [1.54, 1.807) is 12.1 Å². The summed E-state index contributed by atoms with van der Waals surface area (Å²) in [5, 5.41) is 18.6. The zero-order valence-electron chi connectivity index (χ0n) is 15.1. The number of nitrogens with zero attached hydrogens (tertiary/aromatic N) is 1. The van der Waals surface area contributed by atoms with E-state index in [0.29, 0.717) is 11.9 Å². The van der Waals surface area contributed by atoms with Crippen molar-refractivity contribution in [1.82, 2.24) is 4.57 Å². The summed E-state index contributed by atoms with van der Waals surface area (Å²) in [6.45, 7) is 2.13. The average molecular weight is 491 g/mol. The lowest BCUT2D eigenvalue weighted by atomic mass is 9.99. The van der Waals surface area contributed by atoms with E-state index in [1.165, 1.54) is 16.3 Å². The van der Waals surface area contributed by atoms with Gasteiger partial charge in [-0.25, -0.2) is 4.79 Å². The van der Waals surface area contributed by atoms with Crippen LogP contribution in [0.2, 0.25) is 0 Å². The van der Waals surface area contributed by atoms with Gasteiger partial charge in [0, 0.05) is 21.7 Å². The normalized spacial score (nSPS) is 10.9. The third kappa shape index (κ3) is 4.09. The van der Waals surface area contributed by atoms with Crippen LogP contribution in [-0.2, 0) is 17.8 Å². The van der Waals surface area contributed by atoms with E-state index < -0.39 is 17.4 Å². The number of aryl methyl sites for hydroxylation is 1. The van der Waals surface area contributed by atoms with Gasteiger partial charge in [0.2, 0.25) is 5.43 Å². The second-order valence-corrected chi connectivity index (χ2v) is 7.73. The van der Waals surface area contributed by atoms with Crippen molar-refractivity contribution in [3.63, 3.8) is 0 Å². The summed E-state index contributed by atoms with van der Waals surface area (Å²) >= 11 is 2.28. The van der Waals surface area contributed by atoms with Crippen LogP contribution in [0.1, 0.15) is 33.5 Å². The Hall–Kier alpha value is -2.68. The molecule has 6 nitrogen and oxygen atoms in total. The Balaban J connectivity index is 2.12. The van der Waals surface area contributed by atoms with Crippen molar-refractivity contribution < 1.29 is 19.8 Å². The van der Waals surface area contributed by atoms with Crippen LogP contribution in [0.15, 0.2) is 47.4 Å². The Morgan fingerprint density at radius 1 is 1.14 bits per heavy atom. The largest absolute Gasteiger partial charge is 0.481 e. The minimum Gasteiger partial charge on any atom is -0.481 e. The van der Waals surface area contributed by atoms with Crippen molar-refractivity contribution in [2.75, 3.05) is 0 Å². The van der Waals surface area contributed by atoms with Crippen LogP contribution in [-0.4, -0.2) is 26.7 Å². The highest BCUT2D eigenvalue weighted by Crippen LogP contribution is 2.21. The molecule has 0 spiro atoms. The Morgan fingerprint density at radius 2 is 1.89 bits per heavy atom. The van der Waals surface area contributed by atoms with Crippen molar-refractivity contribution in [2.45, 2.75) is 26.3 Å². The van der Waals surface area contributed by atoms with Gasteiger partial charge in [-0.3, -0.25) is 9.59 Å². The average Bonchev–Trinajstić information content (AvgIpc) is 2.65. The quantitative estimate of drug-likeness (QED) is 0.513. The molecular weight excluding hydrogens is 473 g/mol. The van der Waals surface area contributed by atoms with Crippen molar-refractivity contribution in [3.05, 3.63) is 78.6 Å². The van der Waals surface area contributed by atoms with Gasteiger partial charge in [0.15, 0.2) is 0 Å². The first-order chi connectivity index (χ1) is 13.3. The molecule has 0 aliphatic rings. The van der Waals surface area contributed by atoms with Gasteiger partial charge in [-0.05, 0) is 70.8 Å². The first-order valence-electron chi connectivity index (χ1n) is 8.63. The molecule has 2 aromatic carbocycles. The second-order valence-electron chi connectivity index (χ2n) is 6.57. The summed E-state index contributed by atoms with van der Waals surface area (Å²) in [7, 11) is 0. The van der Waals surface area contributed by atoms with E-state index in [9.17, 15) is 19.5 Å². The molecule has 7 heteroatoms. The molecule has 0 amide bonds. The van der Waals surface area contributed by atoms with Crippen LogP contribution in [0, 0.1) is 10.5 Å². The zero-order chi connectivity index (χ0) is 20.4. The molecule has 0 radical (unpaired) electrons. The fourth-order valence-electron chi connectivity index (χ4n) is 3.17. The lowest BCUT2D eigenvalue weighted by Crippen LogP contribution is -2.19. The van der Waals surface area contributed by atoms with Crippen molar-refractivity contribution in [2.24, 2.45) is 0 Å². The molecule has 0 aliphatic carbocycles. The van der Waals surface area contributed by atoms with Gasteiger partial charge in [-0.2, -0.15) is 0 Å². The standard InChI is InChI=1S/C21H18INO5/c1-12-14(3-2-4-17(12)22)9-13-5-6-18-15(10-13)20(26)16(21(27)28)11-23(18)8-7-19(24)25/h2-6,10-11H,7-9H2,1H3,(H,24,25)(H,27,28). The molecule has 28 heavy (non-hydrogen) atoms. The number of carboxylic acid groups (broad SMARTS) is 2. The van der Waals surface area contributed by atoms with Crippen LogP contribution in [0.3, 0.4) is 0 Å². The lowest BCUT2D eigenvalue weighted by molar-refractivity contribution is -0.137. The fraction of sp³-hybridized carbons (Fsp3) is 0.190. The Morgan fingerprint density at radius 3 is 2.57 bits per heavy atom. The van der Waals surface area contributed by atoms with E-state index in [4.69, 9.17) is 5.11 Å². The maximum atomic E-state index is 12.7. The van der Waals surface area contributed by atoms with E-state index in [1.807, 2.05) is 31.2 Å². The summed E-state index contributed by atoms with van der Waals surface area (Å²) in [4.78, 5) is 35.1. The SMILES string of the molecule is Cc1c(I)cccc1Cc1ccc2c(c1)c(=O)c(C(=O)O)cn2CCC(=O)O. The van der Waals surface area contributed by atoms with Crippen LogP contribution >= 0.6 is 22.6 Å². The van der Waals surface area contributed by atoms with E-state index in [0.717, 1.165) is 14.7 Å². The molecule has 0 fully saturated rings. The summed E-state index contributed by atoms with van der Waals surface area (Å²) < 4.78 is 2.68. The topological polar surface area (TPSA) is 96.6 Å². The fourth-order valence-corrected chi connectivity index (χ4v) is 3.73. The lowest BCUT2D eigenvalue weighted by Gasteiger charge is -2.13. The predicted molar refractivity (Wildman–Crippen MR) is 114 cm³/mol. The van der Waals surface area contributed by atoms with Gasteiger partial charge in [-0.15, -0.1) is 0 Å². The monoisotopic (exact) mass is 491 g/mol. The highest BCUT2D eigenvalue weighted by Gasteiger charge is 2.16. The third-order valence-electron chi connectivity index (χ3n) is 4.72. The van der Waals surface area contributed by atoms with Crippen LogP contribution < -0.4 is 5.43 Å².